The van der Waals surface area contributed by atoms with Crippen molar-refractivity contribution in [3.05, 3.63) is 96.1 Å². The first-order valence-corrected chi connectivity index (χ1v) is 13.9. The molecule has 1 N–H and O–H groups in total. The normalized spacial score (nSPS) is 12.9. The molecule has 3 rings (SSSR count). The molecule has 2 amide bonds. The molecule has 0 fully saturated rings. The number of hydrogen-bond donors (Lipinski definition) is 1. The fourth-order valence-corrected chi connectivity index (χ4v) is 5.30. The number of carbonyl (C=O) groups is 2. The van der Waals surface area contributed by atoms with Gasteiger partial charge in [-0.05, 0) is 62.6 Å². The van der Waals surface area contributed by atoms with E-state index in [0.29, 0.717) is 5.69 Å². The van der Waals surface area contributed by atoms with Crippen LogP contribution in [0.5, 0.6) is 0 Å². The molecule has 0 aliphatic heterocycles. The molecule has 2 atom stereocenters. The molecule has 196 valence electrons. The Balaban J connectivity index is 2.00. The third-order valence-electron chi connectivity index (χ3n) is 6.42. The predicted molar refractivity (Wildman–Crippen MR) is 147 cm³/mol. The Morgan fingerprint density at radius 1 is 0.865 bits per heavy atom. The van der Waals surface area contributed by atoms with E-state index >= 15 is 0 Å². The summed E-state index contributed by atoms with van der Waals surface area (Å²) in [6.07, 6.45) is 0.751. The highest BCUT2D eigenvalue weighted by atomic mass is 32.2. The monoisotopic (exact) mass is 521 g/mol. The molecule has 3 aromatic carbocycles. The minimum absolute atomic E-state index is 0.0513. The van der Waals surface area contributed by atoms with Crippen LogP contribution in [0.1, 0.15) is 38.3 Å². The molecule has 7 nitrogen and oxygen atoms in total. The van der Waals surface area contributed by atoms with Crippen LogP contribution >= 0.6 is 0 Å². The van der Waals surface area contributed by atoms with Crippen molar-refractivity contribution in [3.8, 4) is 0 Å². The van der Waals surface area contributed by atoms with Crippen molar-refractivity contribution in [2.75, 3.05) is 10.8 Å². The summed E-state index contributed by atoms with van der Waals surface area (Å²) in [5.74, 6) is -0.758. The lowest BCUT2D eigenvalue weighted by molar-refractivity contribution is -0.139. The zero-order valence-corrected chi connectivity index (χ0v) is 22.6. The molecule has 0 bridgehead atoms. The summed E-state index contributed by atoms with van der Waals surface area (Å²) in [4.78, 5) is 28.5. The molecule has 0 heterocycles. The molecule has 0 aromatic heterocycles. The molecule has 0 saturated carbocycles. The Morgan fingerprint density at radius 3 is 2.03 bits per heavy atom. The average molecular weight is 522 g/mol. The molecule has 0 unspecified atom stereocenters. The van der Waals surface area contributed by atoms with E-state index in [1.54, 1.807) is 55.5 Å². The molecule has 3 aromatic rings. The fraction of sp³-hybridized carbons (Fsp3) is 0.310. The third kappa shape index (κ3) is 6.98. The molecular weight excluding hydrogens is 486 g/mol. The Kier molecular flexibility index (Phi) is 9.47. The van der Waals surface area contributed by atoms with Gasteiger partial charge in [-0.25, -0.2) is 8.42 Å². The van der Waals surface area contributed by atoms with E-state index < -0.39 is 28.5 Å². The number of hydrogen-bond acceptors (Lipinski definition) is 4. The van der Waals surface area contributed by atoms with E-state index in [4.69, 9.17) is 0 Å². The molecular formula is C29H35N3O4S. The lowest BCUT2D eigenvalue weighted by Crippen LogP contribution is -2.52. The van der Waals surface area contributed by atoms with E-state index in [-0.39, 0.29) is 23.4 Å². The van der Waals surface area contributed by atoms with Crippen LogP contribution in [0.15, 0.2) is 89.8 Å². The molecule has 8 heteroatoms. The topological polar surface area (TPSA) is 86.8 Å². The number of benzene rings is 3. The van der Waals surface area contributed by atoms with Crippen molar-refractivity contribution in [2.45, 2.75) is 57.6 Å². The lowest BCUT2D eigenvalue weighted by atomic mass is 10.1. The highest BCUT2D eigenvalue weighted by Crippen LogP contribution is 2.24. The van der Waals surface area contributed by atoms with E-state index in [9.17, 15) is 18.0 Å². The summed E-state index contributed by atoms with van der Waals surface area (Å²) in [7, 11) is -4.05. The first-order valence-electron chi connectivity index (χ1n) is 12.4. The number of amides is 2. The summed E-state index contributed by atoms with van der Waals surface area (Å²) in [5.41, 5.74) is 2.23. The van der Waals surface area contributed by atoms with E-state index in [2.05, 4.69) is 5.32 Å². The van der Waals surface area contributed by atoms with Crippen molar-refractivity contribution in [1.82, 2.24) is 10.2 Å². The van der Waals surface area contributed by atoms with Gasteiger partial charge in [-0.1, -0.05) is 67.6 Å². The SMILES string of the molecule is CC[C@H](C)NC(=O)[C@H](C)N(Cc1ccccc1C)C(=O)CN(c1ccccc1)S(=O)(=O)c1ccccc1. The maximum absolute atomic E-state index is 13.9. The first-order chi connectivity index (χ1) is 17.6. The van der Waals surface area contributed by atoms with Gasteiger partial charge in [-0.15, -0.1) is 0 Å². The van der Waals surface area contributed by atoms with Crippen LogP contribution in [0.2, 0.25) is 0 Å². The van der Waals surface area contributed by atoms with Crippen LogP contribution in [-0.2, 0) is 26.2 Å². The minimum atomic E-state index is -4.05. The maximum atomic E-state index is 13.9. The Bertz CT molecular complexity index is 1300. The second-order valence-electron chi connectivity index (χ2n) is 9.10. The highest BCUT2D eigenvalue weighted by molar-refractivity contribution is 7.92. The molecule has 0 saturated heterocycles. The van der Waals surface area contributed by atoms with Gasteiger partial charge in [-0.2, -0.15) is 0 Å². The summed E-state index contributed by atoms with van der Waals surface area (Å²) in [6, 6.07) is 23.3. The Morgan fingerprint density at radius 2 is 1.43 bits per heavy atom. The van der Waals surface area contributed by atoms with Gasteiger partial charge in [0.25, 0.3) is 10.0 Å². The maximum Gasteiger partial charge on any atom is 0.264 e. The second kappa shape index (κ2) is 12.5. The number of anilines is 1. The van der Waals surface area contributed by atoms with E-state index in [1.165, 1.54) is 17.0 Å². The van der Waals surface area contributed by atoms with Crippen molar-refractivity contribution in [2.24, 2.45) is 0 Å². The first kappa shape index (κ1) is 27.9. The van der Waals surface area contributed by atoms with Crippen molar-refractivity contribution >= 4 is 27.5 Å². The van der Waals surface area contributed by atoms with Crippen LogP contribution in [0.25, 0.3) is 0 Å². The van der Waals surface area contributed by atoms with Crippen LogP contribution in [-0.4, -0.2) is 43.8 Å². The minimum Gasteiger partial charge on any atom is -0.352 e. The smallest absolute Gasteiger partial charge is 0.264 e. The van der Waals surface area contributed by atoms with Crippen LogP contribution in [0.4, 0.5) is 5.69 Å². The average Bonchev–Trinajstić information content (AvgIpc) is 2.91. The molecule has 0 spiro atoms. The van der Waals surface area contributed by atoms with Crippen molar-refractivity contribution in [3.63, 3.8) is 0 Å². The van der Waals surface area contributed by atoms with Gasteiger partial charge in [0.15, 0.2) is 0 Å². The number of rotatable bonds is 11. The van der Waals surface area contributed by atoms with Gasteiger partial charge in [0.1, 0.15) is 12.6 Å². The van der Waals surface area contributed by atoms with Gasteiger partial charge in [0.2, 0.25) is 11.8 Å². The Labute approximate surface area is 220 Å². The summed E-state index contributed by atoms with van der Waals surface area (Å²) in [6.45, 7) is 7.22. The number of aryl methyl sites for hydroxylation is 1. The lowest BCUT2D eigenvalue weighted by Gasteiger charge is -2.32. The number of sulfonamides is 1. The quantitative estimate of drug-likeness (QED) is 0.402. The van der Waals surface area contributed by atoms with Gasteiger partial charge in [0, 0.05) is 12.6 Å². The summed E-state index contributed by atoms with van der Waals surface area (Å²) >= 11 is 0. The highest BCUT2D eigenvalue weighted by Gasteiger charge is 2.32. The predicted octanol–water partition coefficient (Wildman–Crippen LogP) is 4.52. The van der Waals surface area contributed by atoms with E-state index in [0.717, 1.165) is 21.9 Å². The number of para-hydroxylation sites is 1. The number of nitrogens with zero attached hydrogens (tertiary/aromatic N) is 2. The summed E-state index contributed by atoms with van der Waals surface area (Å²) in [5, 5.41) is 2.94. The molecule has 0 aliphatic carbocycles. The largest absolute Gasteiger partial charge is 0.352 e. The van der Waals surface area contributed by atoms with Gasteiger partial charge in [0.05, 0.1) is 10.6 Å². The van der Waals surface area contributed by atoms with Crippen molar-refractivity contribution in [1.29, 1.82) is 0 Å². The van der Waals surface area contributed by atoms with Crippen LogP contribution < -0.4 is 9.62 Å². The number of nitrogens with one attached hydrogen (secondary N) is 1. The van der Waals surface area contributed by atoms with Crippen LogP contribution in [0, 0.1) is 6.92 Å². The number of carbonyl (C=O) groups excluding carboxylic acids is 2. The van der Waals surface area contributed by atoms with Gasteiger partial charge < -0.3 is 10.2 Å². The third-order valence-corrected chi connectivity index (χ3v) is 8.21. The van der Waals surface area contributed by atoms with Gasteiger partial charge >= 0.3 is 0 Å². The Hall–Kier alpha value is -3.65. The standard InChI is InChI=1S/C29H35N3O4S/c1-5-23(3)30-29(34)24(4)31(20-25-15-13-12-14-22(25)2)28(33)21-32(26-16-8-6-9-17-26)37(35,36)27-18-10-7-11-19-27/h6-19,23-24H,5,20-21H2,1-4H3,(H,30,34)/t23-,24-/m0/s1. The second-order valence-corrected chi connectivity index (χ2v) is 11.0. The zero-order valence-electron chi connectivity index (χ0n) is 21.8. The van der Waals surface area contributed by atoms with Crippen LogP contribution in [0.3, 0.4) is 0 Å². The van der Waals surface area contributed by atoms with Crippen molar-refractivity contribution < 1.29 is 18.0 Å². The molecule has 37 heavy (non-hydrogen) atoms. The zero-order chi connectivity index (χ0) is 27.0. The van der Waals surface area contributed by atoms with Gasteiger partial charge in [-0.3, -0.25) is 13.9 Å². The summed E-state index contributed by atoms with van der Waals surface area (Å²) < 4.78 is 28.4. The molecule has 0 aliphatic rings. The fourth-order valence-electron chi connectivity index (χ4n) is 3.86. The molecule has 0 radical (unpaired) electrons. The van der Waals surface area contributed by atoms with E-state index in [1.807, 2.05) is 45.0 Å².